The molecule has 1 amide bonds. The highest BCUT2D eigenvalue weighted by atomic mass is 19.1. The topological polar surface area (TPSA) is 70.0 Å². The Balaban J connectivity index is 2.77. The van der Waals surface area contributed by atoms with E-state index >= 15 is 0 Å². The molecule has 1 aromatic carbocycles. The third kappa shape index (κ3) is 3.68. The fraction of sp³-hybridized carbons (Fsp3) is 0.417. The fourth-order valence-electron chi connectivity index (χ4n) is 1.53. The minimum absolute atomic E-state index is 0.0304. The van der Waals surface area contributed by atoms with Gasteiger partial charge in [-0.05, 0) is 18.2 Å². The first-order valence-electron chi connectivity index (χ1n) is 5.36. The number of aliphatic hydroxyl groups is 1. The number of hydrogen-bond acceptors (Lipinski definition) is 4. The molecule has 0 fully saturated rings. The first-order chi connectivity index (χ1) is 8.45. The Morgan fingerprint density at radius 3 is 2.83 bits per heavy atom. The molecule has 1 atom stereocenters. The number of nitrogens with zero attached hydrogens (tertiary/aromatic N) is 1. The monoisotopic (exact) mass is 257 g/mol. The Morgan fingerprint density at radius 2 is 2.22 bits per heavy atom. The average Bonchev–Trinajstić information content (AvgIpc) is 2.31. The van der Waals surface area contributed by atoms with Crippen LogP contribution in [0.25, 0.3) is 0 Å². The van der Waals surface area contributed by atoms with Crippen LogP contribution in [0.15, 0.2) is 18.2 Å². The van der Waals surface area contributed by atoms with Crippen LogP contribution in [0, 0.1) is 5.82 Å². The second-order valence-electron chi connectivity index (χ2n) is 3.96. The van der Waals surface area contributed by atoms with Gasteiger partial charge in [-0.25, -0.2) is 4.39 Å². The summed E-state index contributed by atoms with van der Waals surface area (Å²) in [7, 11) is 2.88. The van der Waals surface area contributed by atoms with Crippen LogP contribution >= 0.6 is 0 Å². The van der Waals surface area contributed by atoms with Gasteiger partial charge >= 0.3 is 0 Å². The zero-order valence-electron chi connectivity index (χ0n) is 10.3. The molecule has 0 saturated carbocycles. The quantitative estimate of drug-likeness (QED) is 0.811. The van der Waals surface area contributed by atoms with Gasteiger partial charge < -0.3 is 19.8 Å². The smallest absolute Gasteiger partial charge is 0.257 e. The number of hydrogen-bond donors (Lipinski definition) is 2. The Labute approximate surface area is 104 Å². The minimum atomic E-state index is -0.834. The number of methoxy groups -OCH3 is 1. The molecule has 5 nitrogen and oxygen atoms in total. The summed E-state index contributed by atoms with van der Waals surface area (Å²) in [5.41, 5.74) is -0.137. The number of benzene rings is 1. The van der Waals surface area contributed by atoms with Crippen LogP contribution in [0.1, 0.15) is 10.4 Å². The number of amides is 1. The molecule has 0 aliphatic heterocycles. The van der Waals surface area contributed by atoms with Gasteiger partial charge in [0.15, 0.2) is 0 Å². The van der Waals surface area contributed by atoms with Crippen LogP contribution in [-0.2, 0) is 4.74 Å². The second kappa shape index (κ2) is 6.32. The zero-order valence-corrected chi connectivity index (χ0v) is 10.3. The lowest BCUT2D eigenvalue weighted by atomic mass is 10.1. The molecule has 0 radical (unpaired) electrons. The van der Waals surface area contributed by atoms with Gasteiger partial charge in [-0.3, -0.25) is 4.79 Å². The maximum absolute atomic E-state index is 13.0. The van der Waals surface area contributed by atoms with Crippen LogP contribution in [0.4, 0.5) is 4.39 Å². The second-order valence-corrected chi connectivity index (χ2v) is 3.96. The van der Waals surface area contributed by atoms with Crippen molar-refractivity contribution in [1.82, 2.24) is 4.90 Å². The minimum Gasteiger partial charge on any atom is -0.507 e. The summed E-state index contributed by atoms with van der Waals surface area (Å²) in [4.78, 5) is 13.1. The summed E-state index contributed by atoms with van der Waals surface area (Å²) in [6, 6.07) is 3.13. The van der Waals surface area contributed by atoms with Crippen molar-refractivity contribution >= 4 is 5.91 Å². The molecule has 0 aliphatic rings. The van der Waals surface area contributed by atoms with Crippen LogP contribution < -0.4 is 0 Å². The lowest BCUT2D eigenvalue weighted by Gasteiger charge is -2.20. The number of carbonyl (C=O) groups excluding carboxylic acids is 1. The maximum atomic E-state index is 13.0. The fourth-order valence-corrected chi connectivity index (χ4v) is 1.53. The summed E-state index contributed by atoms with van der Waals surface area (Å²) in [5.74, 6) is -1.47. The van der Waals surface area contributed by atoms with E-state index in [0.717, 1.165) is 18.2 Å². The molecule has 1 rings (SSSR count). The number of aromatic hydroxyl groups is 1. The number of aliphatic hydroxyl groups excluding tert-OH is 1. The molecular formula is C12H16FNO4. The van der Waals surface area contributed by atoms with E-state index in [1.54, 1.807) is 0 Å². The van der Waals surface area contributed by atoms with E-state index in [9.17, 15) is 19.4 Å². The third-order valence-corrected chi connectivity index (χ3v) is 2.38. The number of likely N-dealkylation sites (N-methyl/N-ethyl adjacent to an activating group) is 1. The van der Waals surface area contributed by atoms with Gasteiger partial charge in [-0.15, -0.1) is 0 Å². The van der Waals surface area contributed by atoms with E-state index in [1.165, 1.54) is 19.1 Å². The van der Waals surface area contributed by atoms with Gasteiger partial charge in [0.05, 0.1) is 18.3 Å². The average molecular weight is 257 g/mol. The third-order valence-electron chi connectivity index (χ3n) is 2.38. The van der Waals surface area contributed by atoms with E-state index in [4.69, 9.17) is 4.74 Å². The standard InChI is InChI=1S/C12H16FNO4/c1-14(6-9(15)7-18-2)12(17)10-5-8(13)3-4-11(10)16/h3-5,9,15-16H,6-7H2,1-2H3. The van der Waals surface area contributed by atoms with Gasteiger partial charge in [-0.1, -0.05) is 0 Å². The number of halogens is 1. The van der Waals surface area contributed by atoms with Crippen LogP contribution in [0.3, 0.4) is 0 Å². The highest BCUT2D eigenvalue weighted by molar-refractivity contribution is 5.96. The highest BCUT2D eigenvalue weighted by Gasteiger charge is 2.18. The number of phenolic OH excluding ortho intramolecular Hbond substituents is 1. The number of ether oxygens (including phenoxy) is 1. The maximum Gasteiger partial charge on any atom is 0.257 e. The predicted octanol–water partition coefficient (Wildman–Crippen LogP) is 0.611. The van der Waals surface area contributed by atoms with Crippen molar-refractivity contribution in [2.24, 2.45) is 0 Å². The molecule has 0 heterocycles. The van der Waals surface area contributed by atoms with Crippen molar-refractivity contribution in [2.75, 3.05) is 27.3 Å². The number of phenols is 1. The summed E-state index contributed by atoms with van der Waals surface area (Å²) < 4.78 is 17.7. The van der Waals surface area contributed by atoms with E-state index in [-0.39, 0.29) is 24.5 Å². The van der Waals surface area contributed by atoms with Crippen molar-refractivity contribution in [3.05, 3.63) is 29.6 Å². The Morgan fingerprint density at radius 1 is 1.56 bits per heavy atom. The number of carbonyl (C=O) groups is 1. The van der Waals surface area contributed by atoms with Gasteiger partial charge in [0.2, 0.25) is 0 Å². The van der Waals surface area contributed by atoms with Crippen LogP contribution in [0.2, 0.25) is 0 Å². The molecule has 6 heteroatoms. The lowest BCUT2D eigenvalue weighted by Crippen LogP contribution is -2.36. The van der Waals surface area contributed by atoms with Gasteiger partial charge in [0.1, 0.15) is 11.6 Å². The Hall–Kier alpha value is -1.66. The van der Waals surface area contributed by atoms with Crippen molar-refractivity contribution in [2.45, 2.75) is 6.10 Å². The zero-order chi connectivity index (χ0) is 13.7. The summed E-state index contributed by atoms with van der Waals surface area (Å²) >= 11 is 0. The Bertz CT molecular complexity index is 425. The normalized spacial score (nSPS) is 12.2. The van der Waals surface area contributed by atoms with E-state index in [1.807, 2.05) is 0 Å². The van der Waals surface area contributed by atoms with Gasteiger partial charge in [0, 0.05) is 20.7 Å². The first-order valence-corrected chi connectivity index (χ1v) is 5.36. The molecule has 18 heavy (non-hydrogen) atoms. The number of rotatable bonds is 5. The molecule has 0 saturated heterocycles. The SMILES string of the molecule is COCC(O)CN(C)C(=O)c1cc(F)ccc1O. The molecule has 0 spiro atoms. The largest absolute Gasteiger partial charge is 0.507 e. The van der Waals surface area contributed by atoms with Crippen LogP contribution in [0.5, 0.6) is 5.75 Å². The first kappa shape index (κ1) is 14.4. The highest BCUT2D eigenvalue weighted by Crippen LogP contribution is 2.19. The molecule has 2 N–H and O–H groups in total. The van der Waals surface area contributed by atoms with E-state index in [2.05, 4.69) is 0 Å². The molecule has 100 valence electrons. The molecule has 0 aliphatic carbocycles. The summed E-state index contributed by atoms with van der Waals surface area (Å²) in [6.07, 6.45) is -0.834. The molecular weight excluding hydrogens is 241 g/mol. The van der Waals surface area contributed by atoms with E-state index in [0.29, 0.717) is 0 Å². The molecule has 0 aromatic heterocycles. The molecule has 0 bridgehead atoms. The Kier molecular flexibility index (Phi) is 5.06. The predicted molar refractivity (Wildman–Crippen MR) is 62.9 cm³/mol. The van der Waals surface area contributed by atoms with Crippen molar-refractivity contribution in [3.8, 4) is 5.75 Å². The van der Waals surface area contributed by atoms with Gasteiger partial charge in [-0.2, -0.15) is 0 Å². The lowest BCUT2D eigenvalue weighted by molar-refractivity contribution is 0.0379. The van der Waals surface area contributed by atoms with Crippen molar-refractivity contribution in [3.63, 3.8) is 0 Å². The molecule has 1 unspecified atom stereocenters. The summed E-state index contributed by atoms with van der Waals surface area (Å²) in [6.45, 7) is 0.120. The summed E-state index contributed by atoms with van der Waals surface area (Å²) in [5, 5.41) is 19.0. The van der Waals surface area contributed by atoms with Gasteiger partial charge in [0.25, 0.3) is 5.91 Å². The van der Waals surface area contributed by atoms with Crippen molar-refractivity contribution < 1.29 is 24.1 Å². The molecule has 1 aromatic rings. The van der Waals surface area contributed by atoms with Crippen molar-refractivity contribution in [1.29, 1.82) is 0 Å². The van der Waals surface area contributed by atoms with Crippen LogP contribution in [-0.4, -0.2) is 54.4 Å². The van der Waals surface area contributed by atoms with E-state index < -0.39 is 17.8 Å².